The predicted molar refractivity (Wildman–Crippen MR) is 75.7 cm³/mol. The number of nitrogens with zero attached hydrogens (tertiary/aromatic N) is 1. The molecule has 0 radical (unpaired) electrons. The van der Waals surface area contributed by atoms with Crippen LogP contribution in [0.15, 0.2) is 0 Å². The first-order valence-electron chi connectivity index (χ1n) is 6.99. The third kappa shape index (κ3) is 5.00. The molecular formula is C14H26N2O4. The molecule has 0 unspecified atom stereocenters. The maximum Gasteiger partial charge on any atom is 0.323 e. The molecule has 2 N–H and O–H groups in total. The fourth-order valence-corrected chi connectivity index (χ4v) is 2.17. The van der Waals surface area contributed by atoms with E-state index in [1.807, 2.05) is 20.8 Å². The van der Waals surface area contributed by atoms with Crippen molar-refractivity contribution in [3.8, 4) is 0 Å². The first kappa shape index (κ1) is 16.8. The second kappa shape index (κ2) is 6.43. The summed E-state index contributed by atoms with van der Waals surface area (Å²) in [5.74, 6) is -1.01. The number of carboxylic acids is 1. The Morgan fingerprint density at radius 1 is 1.30 bits per heavy atom. The fraction of sp³-hybridized carbons (Fsp3) is 0.857. The third-order valence-corrected chi connectivity index (χ3v) is 3.71. The minimum atomic E-state index is -1.01. The van der Waals surface area contributed by atoms with Crippen molar-refractivity contribution in [1.29, 1.82) is 0 Å². The summed E-state index contributed by atoms with van der Waals surface area (Å²) >= 11 is 0. The fourth-order valence-electron chi connectivity index (χ4n) is 2.17. The van der Waals surface area contributed by atoms with E-state index in [9.17, 15) is 9.59 Å². The highest BCUT2D eigenvalue weighted by molar-refractivity contribution is 5.80. The average molecular weight is 286 g/mol. The second-order valence-corrected chi connectivity index (χ2v) is 6.73. The Bertz CT molecular complexity index is 357. The molecule has 0 aromatic carbocycles. The molecule has 0 spiro atoms. The first-order valence-corrected chi connectivity index (χ1v) is 6.99. The second-order valence-electron chi connectivity index (χ2n) is 6.73. The van der Waals surface area contributed by atoms with E-state index in [1.165, 1.54) is 4.90 Å². The molecule has 2 amide bonds. The molecule has 1 aliphatic rings. The Morgan fingerprint density at radius 3 is 2.30 bits per heavy atom. The molecule has 1 heterocycles. The molecule has 1 fully saturated rings. The zero-order chi connectivity index (χ0) is 15.4. The van der Waals surface area contributed by atoms with E-state index in [0.29, 0.717) is 19.8 Å². The summed E-state index contributed by atoms with van der Waals surface area (Å²) in [5, 5.41) is 11.8. The third-order valence-electron chi connectivity index (χ3n) is 3.71. The molecular weight excluding hydrogens is 260 g/mol. The summed E-state index contributed by atoms with van der Waals surface area (Å²) in [7, 11) is 0. The largest absolute Gasteiger partial charge is 0.480 e. The predicted octanol–water partition coefficient (Wildman–Crippen LogP) is 1.70. The van der Waals surface area contributed by atoms with Crippen molar-refractivity contribution in [2.45, 2.75) is 46.1 Å². The summed E-state index contributed by atoms with van der Waals surface area (Å²) in [4.78, 5) is 24.5. The number of carbonyl (C=O) groups is 2. The summed E-state index contributed by atoms with van der Waals surface area (Å²) in [6.45, 7) is 9.27. The van der Waals surface area contributed by atoms with Gasteiger partial charge in [-0.3, -0.25) is 4.79 Å². The van der Waals surface area contributed by atoms with Crippen LogP contribution in [0, 0.1) is 5.41 Å². The van der Waals surface area contributed by atoms with E-state index in [-0.39, 0.29) is 18.0 Å². The molecule has 6 heteroatoms. The van der Waals surface area contributed by atoms with Gasteiger partial charge in [-0.25, -0.2) is 4.79 Å². The van der Waals surface area contributed by atoms with Crippen LogP contribution in [0.4, 0.5) is 4.79 Å². The monoisotopic (exact) mass is 286 g/mol. The van der Waals surface area contributed by atoms with Gasteiger partial charge in [-0.2, -0.15) is 0 Å². The van der Waals surface area contributed by atoms with Gasteiger partial charge in [-0.15, -0.1) is 0 Å². The molecule has 0 aromatic heterocycles. The van der Waals surface area contributed by atoms with E-state index >= 15 is 0 Å². The van der Waals surface area contributed by atoms with Gasteiger partial charge in [-0.1, -0.05) is 6.92 Å². The van der Waals surface area contributed by atoms with Crippen molar-refractivity contribution in [3.05, 3.63) is 0 Å². The van der Waals surface area contributed by atoms with Crippen molar-refractivity contribution in [3.63, 3.8) is 0 Å². The highest BCUT2D eigenvalue weighted by Gasteiger charge is 2.32. The topological polar surface area (TPSA) is 78.9 Å². The Labute approximate surface area is 120 Å². The van der Waals surface area contributed by atoms with Gasteiger partial charge < -0.3 is 20.1 Å². The van der Waals surface area contributed by atoms with Crippen molar-refractivity contribution in [2.75, 3.05) is 26.3 Å². The van der Waals surface area contributed by atoms with Crippen LogP contribution in [-0.4, -0.2) is 53.8 Å². The Morgan fingerprint density at radius 2 is 1.85 bits per heavy atom. The molecule has 1 saturated heterocycles. The van der Waals surface area contributed by atoms with E-state index < -0.39 is 11.5 Å². The van der Waals surface area contributed by atoms with Crippen LogP contribution in [0.3, 0.4) is 0 Å². The van der Waals surface area contributed by atoms with Crippen molar-refractivity contribution < 1.29 is 19.4 Å². The number of rotatable bonds is 4. The average Bonchev–Trinajstić information content (AvgIpc) is 2.33. The highest BCUT2D eigenvalue weighted by Crippen LogP contribution is 2.28. The van der Waals surface area contributed by atoms with Crippen molar-refractivity contribution in [2.24, 2.45) is 5.41 Å². The van der Waals surface area contributed by atoms with Gasteiger partial charge in [0, 0.05) is 25.3 Å². The Kier molecular flexibility index (Phi) is 5.39. The lowest BCUT2D eigenvalue weighted by atomic mass is 9.82. The molecule has 0 atom stereocenters. The smallest absolute Gasteiger partial charge is 0.323 e. The zero-order valence-electron chi connectivity index (χ0n) is 12.9. The number of nitrogens with one attached hydrogen (secondary N) is 1. The van der Waals surface area contributed by atoms with Crippen molar-refractivity contribution in [1.82, 2.24) is 10.2 Å². The molecule has 0 aromatic rings. The van der Waals surface area contributed by atoms with Gasteiger partial charge in [0.25, 0.3) is 0 Å². The normalized spacial score (nSPS) is 18.4. The van der Waals surface area contributed by atoms with E-state index in [2.05, 4.69) is 12.2 Å². The molecule has 0 bridgehead atoms. The number of carbonyl (C=O) groups excluding carboxylic acids is 1. The Hall–Kier alpha value is -1.30. The number of carboxylic acid groups (broad SMARTS) is 1. The Balaban J connectivity index is 2.59. The van der Waals surface area contributed by atoms with Gasteiger partial charge >= 0.3 is 12.0 Å². The molecule has 6 nitrogen and oxygen atoms in total. The molecule has 0 saturated carbocycles. The molecule has 0 aliphatic carbocycles. The summed E-state index contributed by atoms with van der Waals surface area (Å²) in [5.41, 5.74) is -0.500. The zero-order valence-corrected chi connectivity index (χ0v) is 12.9. The lowest BCUT2D eigenvalue weighted by Gasteiger charge is -2.37. The van der Waals surface area contributed by atoms with Gasteiger partial charge in [-0.05, 0) is 39.0 Å². The molecule has 1 rings (SSSR count). The van der Waals surface area contributed by atoms with Gasteiger partial charge in [0.15, 0.2) is 0 Å². The number of urea groups is 1. The first-order chi connectivity index (χ1) is 9.14. The van der Waals surface area contributed by atoms with Crippen LogP contribution in [0.5, 0.6) is 0 Å². The van der Waals surface area contributed by atoms with Crippen molar-refractivity contribution >= 4 is 12.0 Å². The molecule has 116 valence electrons. The summed E-state index contributed by atoms with van der Waals surface area (Å²) in [6.07, 6.45) is 1.81. The van der Waals surface area contributed by atoms with Gasteiger partial charge in [0.1, 0.15) is 6.54 Å². The summed E-state index contributed by atoms with van der Waals surface area (Å²) in [6, 6.07) is -0.326. The van der Waals surface area contributed by atoms with Crippen LogP contribution in [0.2, 0.25) is 0 Å². The van der Waals surface area contributed by atoms with Gasteiger partial charge in [0.2, 0.25) is 0 Å². The number of ether oxygens (including phenoxy) is 1. The van der Waals surface area contributed by atoms with E-state index in [0.717, 1.165) is 12.8 Å². The number of amides is 2. The van der Waals surface area contributed by atoms with Gasteiger partial charge in [0.05, 0.1) is 0 Å². The van der Waals surface area contributed by atoms with E-state index in [1.54, 1.807) is 0 Å². The van der Waals surface area contributed by atoms with Crippen LogP contribution < -0.4 is 5.32 Å². The number of hydrogen-bond acceptors (Lipinski definition) is 3. The van der Waals surface area contributed by atoms with Crippen LogP contribution >= 0.6 is 0 Å². The van der Waals surface area contributed by atoms with Crippen LogP contribution in [0.25, 0.3) is 0 Å². The molecule has 20 heavy (non-hydrogen) atoms. The highest BCUT2D eigenvalue weighted by atomic mass is 16.5. The number of hydrogen-bond donors (Lipinski definition) is 2. The lowest BCUT2D eigenvalue weighted by molar-refractivity contribution is -0.138. The minimum Gasteiger partial charge on any atom is -0.480 e. The van der Waals surface area contributed by atoms with Crippen LogP contribution in [0.1, 0.15) is 40.5 Å². The lowest BCUT2D eigenvalue weighted by Crippen LogP contribution is -2.54. The van der Waals surface area contributed by atoms with E-state index in [4.69, 9.17) is 9.84 Å². The quantitative estimate of drug-likeness (QED) is 0.824. The maximum absolute atomic E-state index is 12.2. The standard InChI is InChI=1S/C14H26N2O4/c1-13(2,3)16(9-11(17)18)12(19)15-10-14(4)5-7-20-8-6-14/h5-10H2,1-4H3,(H,15,19)(H,17,18). The maximum atomic E-state index is 12.2. The summed E-state index contributed by atoms with van der Waals surface area (Å²) < 4.78 is 5.33. The number of aliphatic carboxylic acids is 1. The van der Waals surface area contributed by atoms with Crippen LogP contribution in [-0.2, 0) is 9.53 Å². The molecule has 1 aliphatic heterocycles. The minimum absolute atomic E-state index is 0.0285. The SMILES string of the molecule is CC1(CNC(=O)N(CC(=O)O)C(C)(C)C)CCOCC1.